The summed E-state index contributed by atoms with van der Waals surface area (Å²) in [7, 11) is 0. The Morgan fingerprint density at radius 2 is 1.40 bits per heavy atom. The quantitative estimate of drug-likeness (QED) is 0.631. The average Bonchev–Trinajstić information content (AvgIpc) is 2.00. The van der Waals surface area contributed by atoms with Gasteiger partial charge >= 0.3 is 0 Å². The van der Waals surface area contributed by atoms with E-state index in [1.165, 1.54) is 19.3 Å². The van der Waals surface area contributed by atoms with Crippen LogP contribution in [0.15, 0.2) is 0 Å². The molecule has 15 heavy (non-hydrogen) atoms. The van der Waals surface area contributed by atoms with E-state index in [0.717, 1.165) is 13.2 Å². The minimum atomic E-state index is 0.393. The molecule has 1 fully saturated rings. The third-order valence-corrected chi connectivity index (χ3v) is 3.91. The lowest BCUT2D eigenvalue weighted by Gasteiger charge is -2.50. The fourth-order valence-corrected chi connectivity index (χ4v) is 2.97. The van der Waals surface area contributed by atoms with Crippen molar-refractivity contribution in [2.45, 2.75) is 60.8 Å². The zero-order valence-electron chi connectivity index (χ0n) is 11.4. The lowest BCUT2D eigenvalue weighted by molar-refractivity contribution is -0.0686. The predicted molar refractivity (Wildman–Crippen MR) is 66.0 cm³/mol. The summed E-state index contributed by atoms with van der Waals surface area (Å²) >= 11 is 0. The molecule has 1 rings (SSSR count). The number of rotatable bonds is 1. The summed E-state index contributed by atoms with van der Waals surface area (Å²) in [6.45, 7) is 16.2. The van der Waals surface area contributed by atoms with Gasteiger partial charge in [-0.25, -0.2) is 0 Å². The molecule has 1 aliphatic rings. The van der Waals surface area contributed by atoms with Gasteiger partial charge in [0, 0.05) is 13.2 Å². The Kier molecular flexibility index (Phi) is 3.55. The number of hydrogen-bond donors (Lipinski definition) is 0. The van der Waals surface area contributed by atoms with Crippen molar-refractivity contribution < 1.29 is 4.74 Å². The summed E-state index contributed by atoms with van der Waals surface area (Å²) in [4.78, 5) is 0. The second-order valence-electron chi connectivity index (χ2n) is 7.38. The fraction of sp³-hybridized carbons (Fsp3) is 1.00. The highest BCUT2D eigenvalue weighted by Crippen LogP contribution is 2.52. The number of hydrogen-bond acceptors (Lipinski definition) is 1. The first-order valence-electron chi connectivity index (χ1n) is 6.24. The molecule has 0 bridgehead atoms. The third kappa shape index (κ3) is 3.21. The summed E-state index contributed by atoms with van der Waals surface area (Å²) < 4.78 is 5.53. The van der Waals surface area contributed by atoms with E-state index in [1.54, 1.807) is 0 Å². The van der Waals surface area contributed by atoms with Crippen LogP contribution in [-0.2, 0) is 4.74 Å². The van der Waals surface area contributed by atoms with Crippen LogP contribution in [0.2, 0.25) is 0 Å². The highest BCUT2D eigenvalue weighted by molar-refractivity contribution is 4.94. The van der Waals surface area contributed by atoms with Crippen LogP contribution in [0.4, 0.5) is 0 Å². The summed E-state index contributed by atoms with van der Waals surface area (Å²) in [6.07, 6.45) is 3.77. The summed E-state index contributed by atoms with van der Waals surface area (Å²) in [6, 6.07) is 0. The number of ether oxygens (including phenoxy) is 1. The topological polar surface area (TPSA) is 9.23 Å². The van der Waals surface area contributed by atoms with E-state index in [0.29, 0.717) is 16.2 Å². The van der Waals surface area contributed by atoms with Crippen molar-refractivity contribution in [3.05, 3.63) is 0 Å². The zero-order valence-corrected chi connectivity index (χ0v) is 11.4. The standard InChI is InChI=1S/C14H28O/c1-12(2,3)11-14(13(4,5)6)7-9-15-10-8-14/h7-11H2,1-6H3. The van der Waals surface area contributed by atoms with E-state index in [9.17, 15) is 0 Å². The van der Waals surface area contributed by atoms with E-state index in [2.05, 4.69) is 41.5 Å². The molecular weight excluding hydrogens is 184 g/mol. The monoisotopic (exact) mass is 212 g/mol. The van der Waals surface area contributed by atoms with Crippen molar-refractivity contribution in [1.29, 1.82) is 0 Å². The molecule has 1 nitrogen and oxygen atoms in total. The Morgan fingerprint density at radius 1 is 0.933 bits per heavy atom. The van der Waals surface area contributed by atoms with Gasteiger partial charge in [-0.05, 0) is 35.5 Å². The van der Waals surface area contributed by atoms with Gasteiger partial charge in [0.05, 0.1) is 0 Å². The summed E-state index contributed by atoms with van der Waals surface area (Å²) in [5.74, 6) is 0. The van der Waals surface area contributed by atoms with Crippen LogP contribution >= 0.6 is 0 Å². The molecule has 0 unspecified atom stereocenters. The molecule has 0 atom stereocenters. The highest BCUT2D eigenvalue weighted by Gasteiger charge is 2.44. The maximum atomic E-state index is 5.53. The highest BCUT2D eigenvalue weighted by atomic mass is 16.5. The predicted octanol–water partition coefficient (Wildman–Crippen LogP) is 4.27. The second kappa shape index (κ2) is 4.08. The van der Waals surface area contributed by atoms with Crippen LogP contribution in [0.3, 0.4) is 0 Å². The van der Waals surface area contributed by atoms with Gasteiger partial charge in [-0.2, -0.15) is 0 Å². The van der Waals surface area contributed by atoms with Crippen molar-refractivity contribution >= 4 is 0 Å². The van der Waals surface area contributed by atoms with Gasteiger partial charge < -0.3 is 4.74 Å². The first-order valence-corrected chi connectivity index (χ1v) is 6.24. The Labute approximate surface area is 95.6 Å². The molecule has 0 aromatic carbocycles. The van der Waals surface area contributed by atoms with Crippen LogP contribution in [-0.4, -0.2) is 13.2 Å². The van der Waals surface area contributed by atoms with Crippen LogP contribution in [0.1, 0.15) is 60.8 Å². The molecule has 1 aliphatic heterocycles. The summed E-state index contributed by atoms with van der Waals surface area (Å²) in [5.41, 5.74) is 1.29. The van der Waals surface area contributed by atoms with Gasteiger partial charge in [0.1, 0.15) is 0 Å². The molecule has 0 aliphatic carbocycles. The van der Waals surface area contributed by atoms with Crippen LogP contribution in [0.5, 0.6) is 0 Å². The maximum Gasteiger partial charge on any atom is 0.0471 e. The second-order valence-corrected chi connectivity index (χ2v) is 7.38. The molecular formula is C14H28O. The van der Waals surface area contributed by atoms with Gasteiger partial charge in [0.2, 0.25) is 0 Å². The van der Waals surface area contributed by atoms with E-state index >= 15 is 0 Å². The first kappa shape index (κ1) is 13.0. The zero-order chi connectivity index (χ0) is 11.7. The molecule has 1 heteroatoms. The van der Waals surface area contributed by atoms with Crippen LogP contribution < -0.4 is 0 Å². The molecule has 0 aromatic heterocycles. The van der Waals surface area contributed by atoms with Crippen LogP contribution in [0.25, 0.3) is 0 Å². The Bertz CT molecular complexity index is 198. The molecule has 0 aromatic rings. The minimum absolute atomic E-state index is 0.393. The summed E-state index contributed by atoms with van der Waals surface area (Å²) in [5, 5.41) is 0. The van der Waals surface area contributed by atoms with Crippen molar-refractivity contribution in [2.75, 3.05) is 13.2 Å². The van der Waals surface area contributed by atoms with Gasteiger partial charge in [-0.3, -0.25) is 0 Å². The first-order chi connectivity index (χ1) is 6.66. The largest absolute Gasteiger partial charge is 0.381 e. The van der Waals surface area contributed by atoms with E-state index in [1.807, 2.05) is 0 Å². The SMILES string of the molecule is CC(C)(C)CC1(C(C)(C)C)CCOCC1. The van der Waals surface area contributed by atoms with Crippen molar-refractivity contribution in [1.82, 2.24) is 0 Å². The van der Waals surface area contributed by atoms with E-state index in [4.69, 9.17) is 4.74 Å². The fourth-order valence-electron chi connectivity index (χ4n) is 2.97. The van der Waals surface area contributed by atoms with Gasteiger partial charge in [0.15, 0.2) is 0 Å². The maximum absolute atomic E-state index is 5.53. The molecule has 0 radical (unpaired) electrons. The molecule has 0 amide bonds. The lowest BCUT2D eigenvalue weighted by atomic mass is 9.57. The third-order valence-electron chi connectivity index (χ3n) is 3.91. The van der Waals surface area contributed by atoms with E-state index in [-0.39, 0.29) is 0 Å². The van der Waals surface area contributed by atoms with Crippen molar-refractivity contribution in [3.8, 4) is 0 Å². The van der Waals surface area contributed by atoms with Gasteiger partial charge in [-0.15, -0.1) is 0 Å². The Morgan fingerprint density at radius 3 is 1.73 bits per heavy atom. The minimum Gasteiger partial charge on any atom is -0.381 e. The van der Waals surface area contributed by atoms with Crippen molar-refractivity contribution in [2.24, 2.45) is 16.2 Å². The molecule has 90 valence electrons. The smallest absolute Gasteiger partial charge is 0.0471 e. The van der Waals surface area contributed by atoms with E-state index < -0.39 is 0 Å². The molecule has 1 heterocycles. The molecule has 1 saturated heterocycles. The Balaban J connectivity index is 2.86. The van der Waals surface area contributed by atoms with Gasteiger partial charge in [0.25, 0.3) is 0 Å². The lowest BCUT2D eigenvalue weighted by Crippen LogP contribution is -2.43. The van der Waals surface area contributed by atoms with Gasteiger partial charge in [-0.1, -0.05) is 41.5 Å². The van der Waals surface area contributed by atoms with Crippen LogP contribution in [0, 0.1) is 16.2 Å². The molecule has 0 saturated carbocycles. The Hall–Kier alpha value is -0.0400. The molecule has 0 spiro atoms. The average molecular weight is 212 g/mol. The molecule has 0 N–H and O–H groups in total. The normalized spacial score (nSPS) is 22.8. The van der Waals surface area contributed by atoms with Crippen molar-refractivity contribution in [3.63, 3.8) is 0 Å².